The van der Waals surface area contributed by atoms with Crippen LogP contribution in [0, 0.1) is 5.92 Å². The van der Waals surface area contributed by atoms with Gasteiger partial charge >= 0.3 is 5.69 Å². The van der Waals surface area contributed by atoms with E-state index < -0.39 is 11.2 Å². The van der Waals surface area contributed by atoms with Gasteiger partial charge in [-0.3, -0.25) is 14.3 Å². The van der Waals surface area contributed by atoms with Crippen LogP contribution in [0.25, 0.3) is 0 Å². The molecule has 1 aromatic rings. The van der Waals surface area contributed by atoms with Crippen molar-refractivity contribution in [1.29, 1.82) is 0 Å². The Morgan fingerprint density at radius 1 is 1.47 bits per heavy atom. The number of hydrogen-bond donors (Lipinski definition) is 2. The number of aliphatic hydroxyl groups excluding tert-OH is 1. The van der Waals surface area contributed by atoms with E-state index in [4.69, 9.17) is 9.47 Å². The van der Waals surface area contributed by atoms with Crippen LogP contribution < -0.4 is 11.2 Å². The molecule has 7 nitrogen and oxygen atoms in total. The van der Waals surface area contributed by atoms with Crippen LogP contribution in [0.15, 0.2) is 21.9 Å². The summed E-state index contributed by atoms with van der Waals surface area (Å²) in [7, 11) is 1.53. The number of methoxy groups -OCH3 is 1. The molecule has 1 heterocycles. The zero-order valence-corrected chi connectivity index (χ0v) is 10.7. The molecular formula is C12H18N2O5. The minimum absolute atomic E-state index is 0.00296. The third kappa shape index (κ3) is 3.12. The number of H-pyrrole nitrogens is 1. The molecule has 0 aromatic carbocycles. The Hall–Kier alpha value is -1.44. The maximum absolute atomic E-state index is 11.7. The van der Waals surface area contributed by atoms with Gasteiger partial charge in [0, 0.05) is 37.9 Å². The summed E-state index contributed by atoms with van der Waals surface area (Å²) in [5.74, 6) is -0.0287. The Balaban J connectivity index is 2.14. The number of rotatable bonds is 5. The molecule has 0 spiro atoms. The first-order valence-electron chi connectivity index (χ1n) is 6.18. The first-order valence-corrected chi connectivity index (χ1v) is 6.18. The largest absolute Gasteiger partial charge is 0.396 e. The third-order valence-corrected chi connectivity index (χ3v) is 3.48. The van der Waals surface area contributed by atoms with E-state index in [2.05, 4.69) is 4.98 Å². The fraction of sp³-hybridized carbons (Fsp3) is 0.667. The van der Waals surface area contributed by atoms with Gasteiger partial charge in [0.05, 0.1) is 6.10 Å². The van der Waals surface area contributed by atoms with Crippen LogP contribution in [-0.4, -0.2) is 41.3 Å². The molecule has 2 rings (SSSR count). The molecule has 1 aromatic heterocycles. The average molecular weight is 270 g/mol. The highest BCUT2D eigenvalue weighted by molar-refractivity contribution is 4.92. The number of nitrogens with one attached hydrogen (secondary N) is 1. The van der Waals surface area contributed by atoms with E-state index in [-0.39, 0.29) is 31.5 Å². The number of ether oxygens (including phenoxy) is 2. The molecule has 7 heteroatoms. The Bertz CT molecular complexity index is 523. The monoisotopic (exact) mass is 270 g/mol. The lowest BCUT2D eigenvalue weighted by Crippen LogP contribution is -2.31. The first-order chi connectivity index (χ1) is 9.15. The average Bonchev–Trinajstić information content (AvgIpc) is 2.79. The molecule has 0 saturated heterocycles. The summed E-state index contributed by atoms with van der Waals surface area (Å²) in [4.78, 5) is 25.0. The quantitative estimate of drug-likeness (QED) is 0.701. The lowest BCUT2D eigenvalue weighted by molar-refractivity contribution is -0.0892. The van der Waals surface area contributed by atoms with Gasteiger partial charge in [-0.05, 0) is 12.8 Å². The standard InChI is InChI=1S/C12H18N2O5/c1-18-7-19-10-5-9(4-8(10)6-15)14-3-2-11(16)13-12(14)17/h2-3,8-10,15H,4-7H2,1H3,(H,13,16,17)/t8-,9?,10+/m1/s1. The molecule has 19 heavy (non-hydrogen) atoms. The SMILES string of the molecule is COCO[C@H]1CC(n2ccc(=O)[nH]c2=O)C[C@@H]1CO. The van der Waals surface area contributed by atoms with E-state index >= 15 is 0 Å². The maximum atomic E-state index is 11.7. The first kappa shape index (κ1) is 14.0. The van der Waals surface area contributed by atoms with Crippen LogP contribution in [0.1, 0.15) is 18.9 Å². The van der Waals surface area contributed by atoms with Crippen LogP contribution in [-0.2, 0) is 9.47 Å². The molecule has 0 amide bonds. The lowest BCUT2D eigenvalue weighted by Gasteiger charge is -2.16. The molecule has 1 saturated carbocycles. The van der Waals surface area contributed by atoms with Crippen molar-refractivity contribution >= 4 is 0 Å². The van der Waals surface area contributed by atoms with E-state index in [1.165, 1.54) is 23.9 Å². The predicted molar refractivity (Wildman–Crippen MR) is 66.9 cm³/mol. The molecule has 1 aliphatic rings. The zero-order valence-electron chi connectivity index (χ0n) is 10.7. The highest BCUT2D eigenvalue weighted by atomic mass is 16.7. The van der Waals surface area contributed by atoms with Crippen molar-refractivity contribution in [1.82, 2.24) is 9.55 Å². The van der Waals surface area contributed by atoms with E-state index in [0.717, 1.165) is 0 Å². The van der Waals surface area contributed by atoms with Crippen molar-refractivity contribution in [2.75, 3.05) is 20.5 Å². The molecule has 0 bridgehead atoms. The number of aromatic amines is 1. The summed E-state index contributed by atoms with van der Waals surface area (Å²) in [5.41, 5.74) is -0.841. The topological polar surface area (TPSA) is 93.5 Å². The second kappa shape index (κ2) is 6.14. The van der Waals surface area contributed by atoms with Gasteiger partial charge in [-0.1, -0.05) is 0 Å². The number of hydrogen-bond acceptors (Lipinski definition) is 5. The van der Waals surface area contributed by atoms with Crippen molar-refractivity contribution in [2.45, 2.75) is 25.0 Å². The number of aliphatic hydroxyl groups is 1. The van der Waals surface area contributed by atoms with Crippen LogP contribution >= 0.6 is 0 Å². The van der Waals surface area contributed by atoms with Crippen LogP contribution in [0.2, 0.25) is 0 Å². The van der Waals surface area contributed by atoms with Crippen molar-refractivity contribution in [2.24, 2.45) is 5.92 Å². The predicted octanol–water partition coefficient (Wildman–Crippen LogP) is -0.531. The summed E-state index contributed by atoms with van der Waals surface area (Å²) in [6.45, 7) is 0.164. The second-order valence-electron chi connectivity index (χ2n) is 4.70. The minimum Gasteiger partial charge on any atom is -0.396 e. The van der Waals surface area contributed by atoms with Gasteiger partial charge in [0.1, 0.15) is 6.79 Å². The fourth-order valence-corrected chi connectivity index (χ4v) is 2.55. The van der Waals surface area contributed by atoms with Crippen molar-refractivity contribution in [3.05, 3.63) is 33.1 Å². The van der Waals surface area contributed by atoms with Gasteiger partial charge in [0.25, 0.3) is 5.56 Å². The highest BCUT2D eigenvalue weighted by Gasteiger charge is 2.35. The van der Waals surface area contributed by atoms with E-state index in [1.807, 2.05) is 0 Å². The zero-order chi connectivity index (χ0) is 13.8. The van der Waals surface area contributed by atoms with Crippen LogP contribution in [0.4, 0.5) is 0 Å². The van der Waals surface area contributed by atoms with Gasteiger partial charge in [-0.2, -0.15) is 0 Å². The Kier molecular flexibility index (Phi) is 4.52. The summed E-state index contributed by atoms with van der Waals surface area (Å²) in [6, 6.07) is 1.24. The molecule has 106 valence electrons. The van der Waals surface area contributed by atoms with E-state index in [1.54, 1.807) is 0 Å². The smallest absolute Gasteiger partial charge is 0.328 e. The molecule has 1 aliphatic carbocycles. The van der Waals surface area contributed by atoms with Crippen LogP contribution in [0.5, 0.6) is 0 Å². The Morgan fingerprint density at radius 3 is 2.89 bits per heavy atom. The van der Waals surface area contributed by atoms with Crippen molar-refractivity contribution in [3.63, 3.8) is 0 Å². The van der Waals surface area contributed by atoms with Crippen molar-refractivity contribution in [3.8, 4) is 0 Å². The molecule has 2 N–H and O–H groups in total. The van der Waals surface area contributed by atoms with Gasteiger partial charge < -0.3 is 14.6 Å². The summed E-state index contributed by atoms with van der Waals surface area (Å²) in [6.07, 6.45) is 2.59. The van der Waals surface area contributed by atoms with E-state index in [0.29, 0.717) is 12.8 Å². The molecule has 3 atom stereocenters. The van der Waals surface area contributed by atoms with Gasteiger partial charge in [-0.25, -0.2) is 4.79 Å². The summed E-state index contributed by atoms with van der Waals surface area (Å²) in [5, 5.41) is 9.35. The summed E-state index contributed by atoms with van der Waals surface area (Å²) < 4.78 is 11.8. The summed E-state index contributed by atoms with van der Waals surface area (Å²) >= 11 is 0. The minimum atomic E-state index is -0.429. The maximum Gasteiger partial charge on any atom is 0.328 e. The van der Waals surface area contributed by atoms with Gasteiger partial charge in [0.15, 0.2) is 0 Å². The number of nitrogens with zero attached hydrogens (tertiary/aromatic N) is 1. The highest BCUT2D eigenvalue weighted by Crippen LogP contribution is 2.35. The lowest BCUT2D eigenvalue weighted by atomic mass is 10.1. The number of aromatic nitrogens is 2. The van der Waals surface area contributed by atoms with Gasteiger partial charge in [-0.15, -0.1) is 0 Å². The molecule has 0 aliphatic heterocycles. The van der Waals surface area contributed by atoms with Crippen LogP contribution in [0.3, 0.4) is 0 Å². The van der Waals surface area contributed by atoms with E-state index in [9.17, 15) is 14.7 Å². The molecule has 1 unspecified atom stereocenters. The molecule has 1 fully saturated rings. The normalized spacial score (nSPS) is 26.7. The van der Waals surface area contributed by atoms with Gasteiger partial charge in [0.2, 0.25) is 0 Å². The second-order valence-corrected chi connectivity index (χ2v) is 4.70. The molecule has 0 radical (unpaired) electrons. The Morgan fingerprint density at radius 2 is 2.26 bits per heavy atom. The molecular weight excluding hydrogens is 252 g/mol. The third-order valence-electron chi connectivity index (χ3n) is 3.48. The Labute approximate surface area is 109 Å². The fourth-order valence-electron chi connectivity index (χ4n) is 2.55. The van der Waals surface area contributed by atoms with Crippen molar-refractivity contribution < 1.29 is 14.6 Å².